The Morgan fingerprint density at radius 2 is 1.59 bits per heavy atom. The zero-order chi connectivity index (χ0) is 49.0. The van der Waals surface area contributed by atoms with Crippen molar-refractivity contribution < 1.29 is 32.8 Å². The molecule has 20 heteroatoms. The van der Waals surface area contributed by atoms with Gasteiger partial charge in [0, 0.05) is 75.3 Å². The maximum atomic E-state index is 15.7. The Morgan fingerprint density at radius 3 is 2.37 bits per heavy atom. The summed E-state index contributed by atoms with van der Waals surface area (Å²) in [7, 11) is 0. The topological polar surface area (TPSA) is 200 Å². The molecule has 4 fully saturated rings. The van der Waals surface area contributed by atoms with Crippen molar-refractivity contribution in [1.82, 2.24) is 46.4 Å². The van der Waals surface area contributed by atoms with Crippen molar-refractivity contribution in [3.63, 3.8) is 0 Å². The number of likely N-dealkylation sites (tertiary alicyclic amines) is 1. The molecule has 6 aliphatic rings. The number of aromatic nitrogens is 2. The van der Waals surface area contributed by atoms with Crippen molar-refractivity contribution in [3.8, 4) is 0 Å². The van der Waals surface area contributed by atoms with Crippen LogP contribution < -0.4 is 42.0 Å². The summed E-state index contributed by atoms with van der Waals surface area (Å²) in [6.07, 6.45) is 13.2. The van der Waals surface area contributed by atoms with E-state index in [0.717, 1.165) is 87.4 Å². The van der Waals surface area contributed by atoms with Gasteiger partial charge in [-0.1, -0.05) is 45.6 Å². The number of unbranched alkanes of at least 4 members (excludes halogenated alkanes) is 5. The third-order valence-electron chi connectivity index (χ3n) is 14.7. The Bertz CT molecular complexity index is 2510. The number of fused-ring (bicyclic) bond motifs is 1. The lowest BCUT2D eigenvalue weighted by Crippen LogP contribution is -2.66. The molecule has 374 valence electrons. The molecule has 1 spiro atoms. The normalized spacial score (nSPS) is 21.2. The van der Waals surface area contributed by atoms with E-state index in [1.54, 1.807) is 23.1 Å². The molecule has 7 heterocycles. The number of nitrogens with one attached hydrogen (secondary N) is 6. The first-order valence-corrected chi connectivity index (χ1v) is 24.9. The van der Waals surface area contributed by atoms with Crippen LogP contribution in [-0.2, 0) is 20.9 Å². The Hall–Kier alpha value is -6.41. The van der Waals surface area contributed by atoms with Crippen LogP contribution in [0.15, 0.2) is 54.6 Å². The van der Waals surface area contributed by atoms with Crippen LogP contribution in [0.25, 0.3) is 0 Å². The molecular weight excluding hydrogens is 901 g/mol. The molecule has 6 N–H and O–H groups in total. The van der Waals surface area contributed by atoms with Gasteiger partial charge in [0.15, 0.2) is 0 Å². The monoisotopic (exact) mass is 966 g/mol. The summed E-state index contributed by atoms with van der Waals surface area (Å²) in [5, 5.41) is 14.2. The molecule has 6 aliphatic heterocycles. The van der Waals surface area contributed by atoms with E-state index in [4.69, 9.17) is 0 Å². The minimum Gasteiger partial charge on any atom is -0.384 e. The first kappa shape index (κ1) is 48.6. The molecule has 1 unspecified atom stereocenters. The van der Waals surface area contributed by atoms with E-state index in [9.17, 15) is 24.0 Å². The van der Waals surface area contributed by atoms with Crippen LogP contribution in [0.4, 0.5) is 31.8 Å². The number of anilines is 4. The van der Waals surface area contributed by atoms with Gasteiger partial charge in [0.25, 0.3) is 11.8 Å². The van der Waals surface area contributed by atoms with Crippen LogP contribution in [0.3, 0.4) is 0 Å². The van der Waals surface area contributed by atoms with E-state index in [1.807, 2.05) is 17.3 Å². The number of rotatable bonds is 18. The van der Waals surface area contributed by atoms with E-state index in [1.165, 1.54) is 18.5 Å². The molecule has 1 atom stereocenters. The third-order valence-corrected chi connectivity index (χ3v) is 14.7. The van der Waals surface area contributed by atoms with Crippen molar-refractivity contribution in [2.45, 2.75) is 109 Å². The Kier molecular flexibility index (Phi) is 14.5. The maximum absolute atomic E-state index is 15.7. The number of imide groups is 2. The number of hydrazine groups is 2. The zero-order valence-electron chi connectivity index (χ0n) is 40.2. The van der Waals surface area contributed by atoms with Gasteiger partial charge in [-0.2, -0.15) is 0 Å². The molecule has 5 amide bonds. The molecule has 70 heavy (non-hydrogen) atoms. The van der Waals surface area contributed by atoms with Crippen molar-refractivity contribution in [2.75, 3.05) is 79.3 Å². The quantitative estimate of drug-likeness (QED) is 0.0752. The molecule has 0 radical (unpaired) electrons. The number of hydrogen-bond donors (Lipinski definition) is 6. The van der Waals surface area contributed by atoms with E-state index in [-0.39, 0.29) is 47.5 Å². The van der Waals surface area contributed by atoms with Crippen LogP contribution in [0.5, 0.6) is 0 Å². The average molecular weight is 966 g/mol. The molecule has 1 aromatic heterocycles. The number of carbonyl (C=O) groups is 5. The highest BCUT2D eigenvalue weighted by atomic mass is 19.1. The van der Waals surface area contributed by atoms with Gasteiger partial charge >= 0.3 is 0 Å². The maximum Gasteiger partial charge on any atom is 0.264 e. The minimum atomic E-state index is -0.992. The number of amides is 5. The van der Waals surface area contributed by atoms with Gasteiger partial charge in [0.05, 0.1) is 41.1 Å². The van der Waals surface area contributed by atoms with Crippen molar-refractivity contribution >= 4 is 52.5 Å². The molecule has 4 saturated heterocycles. The number of hydrogen-bond acceptors (Lipinski definition) is 15. The van der Waals surface area contributed by atoms with Gasteiger partial charge in [0.2, 0.25) is 17.7 Å². The summed E-state index contributed by atoms with van der Waals surface area (Å²) < 4.78 is 31.2. The molecular formula is C50H65F2N13O5. The highest BCUT2D eigenvalue weighted by Crippen LogP contribution is 2.36. The molecule has 3 aromatic rings. The summed E-state index contributed by atoms with van der Waals surface area (Å²) in [6, 6.07) is 8.60. The van der Waals surface area contributed by atoms with Gasteiger partial charge in [-0.3, -0.25) is 44.1 Å². The number of benzene rings is 2. The van der Waals surface area contributed by atoms with Crippen LogP contribution >= 0.6 is 0 Å². The van der Waals surface area contributed by atoms with Gasteiger partial charge in [0.1, 0.15) is 35.6 Å². The van der Waals surface area contributed by atoms with Crippen molar-refractivity contribution in [3.05, 3.63) is 82.9 Å². The van der Waals surface area contributed by atoms with Gasteiger partial charge in [-0.15, -0.1) is 5.53 Å². The third kappa shape index (κ3) is 11.1. The molecule has 0 aliphatic carbocycles. The van der Waals surface area contributed by atoms with Gasteiger partial charge < -0.3 is 31.2 Å². The molecule has 0 bridgehead atoms. The highest BCUT2D eigenvalue weighted by molar-refractivity contribution is 6.25. The fourth-order valence-corrected chi connectivity index (χ4v) is 10.5. The number of nitrogens with zero attached hydrogens (tertiary/aromatic N) is 7. The SMILES string of the molecule is CC1(C)CCN(Cc2cc(F)c(N3CC(=O)NC4(CCN(c5cc(NCC6=CN(CCCCCCCCNc7cccc8c7C(=O)N(C7CCC(=O)NC7=O)C8=O)NN6)ncn5)CC4)C3)cc2F)CC1. The number of piperidine rings is 3. The summed E-state index contributed by atoms with van der Waals surface area (Å²) in [4.78, 5) is 79.6. The summed E-state index contributed by atoms with van der Waals surface area (Å²) in [5.74, 6) is -1.75. The Balaban J connectivity index is 0.665. The second-order valence-electron chi connectivity index (χ2n) is 20.4. The smallest absolute Gasteiger partial charge is 0.264 e. The lowest BCUT2D eigenvalue weighted by atomic mass is 9.82. The number of halogens is 2. The zero-order valence-corrected chi connectivity index (χ0v) is 40.2. The van der Waals surface area contributed by atoms with Crippen molar-refractivity contribution in [1.29, 1.82) is 0 Å². The molecule has 9 rings (SSSR count). The standard InChI is InChI=1S/C50H65F2N13O5/c1-49(2)14-20-61(21-15-49)28-33-24-37(52)40(25-36(33)51)63-30-44(67)58-50(31-63)16-22-62(23-17-50)42-26-41(55-32-56-42)54-27-34-29-64(60-59-34)19-8-6-4-3-5-7-18-53-38-11-9-10-35-45(38)48(70)65(47(35)69)39-12-13-43(66)57-46(39)68/h9-11,24-26,29,32,39,53,59-60H,3-8,12-23,27-28,30-31H2,1-2H3,(H,58,67)(H,54,55,56)(H,57,66,68). The van der Waals surface area contributed by atoms with E-state index in [2.05, 4.69) is 65.8 Å². The lowest BCUT2D eigenvalue weighted by molar-refractivity contribution is -0.136. The van der Waals surface area contributed by atoms with Crippen LogP contribution in [0.2, 0.25) is 0 Å². The first-order valence-electron chi connectivity index (χ1n) is 24.9. The Morgan fingerprint density at radius 1 is 0.814 bits per heavy atom. The van der Waals surface area contributed by atoms with Gasteiger partial charge in [-0.25, -0.2) is 18.7 Å². The van der Waals surface area contributed by atoms with E-state index < -0.39 is 46.8 Å². The predicted molar refractivity (Wildman–Crippen MR) is 260 cm³/mol. The van der Waals surface area contributed by atoms with E-state index in [0.29, 0.717) is 69.2 Å². The second kappa shape index (κ2) is 20.9. The summed E-state index contributed by atoms with van der Waals surface area (Å²) >= 11 is 0. The van der Waals surface area contributed by atoms with Crippen LogP contribution in [0, 0.1) is 17.0 Å². The van der Waals surface area contributed by atoms with E-state index >= 15 is 8.78 Å². The van der Waals surface area contributed by atoms with Crippen LogP contribution in [0.1, 0.15) is 117 Å². The molecule has 2 aromatic carbocycles. The van der Waals surface area contributed by atoms with Gasteiger partial charge in [-0.05, 0) is 81.6 Å². The predicted octanol–water partition coefficient (Wildman–Crippen LogP) is 4.78. The first-order chi connectivity index (χ1) is 33.7. The fraction of sp³-hybridized carbons (Fsp3) is 0.540. The fourth-order valence-electron chi connectivity index (χ4n) is 10.5. The number of carbonyl (C=O) groups excluding carboxylic acids is 5. The molecule has 0 saturated carbocycles. The molecule has 18 nitrogen and oxygen atoms in total. The average Bonchev–Trinajstić information content (AvgIpc) is 3.90. The second-order valence-corrected chi connectivity index (χ2v) is 20.4. The number of piperazine rings is 1. The Labute approximate surface area is 407 Å². The highest BCUT2D eigenvalue weighted by Gasteiger charge is 2.46. The van der Waals surface area contributed by atoms with Crippen LogP contribution in [-0.4, -0.2) is 125 Å². The largest absolute Gasteiger partial charge is 0.384 e. The summed E-state index contributed by atoms with van der Waals surface area (Å²) in [6.45, 7) is 10.2. The lowest BCUT2D eigenvalue weighted by Gasteiger charge is -2.48. The summed E-state index contributed by atoms with van der Waals surface area (Å²) in [5.41, 5.74) is 8.67. The minimum absolute atomic E-state index is 0.0293. The van der Waals surface area contributed by atoms with Crippen molar-refractivity contribution in [2.24, 2.45) is 5.41 Å².